The normalized spacial score (nSPS) is 9.95. The fraction of sp³-hybridized carbons (Fsp3) is 0.125. The number of nitrogen functional groups attached to an aromatic ring is 1. The number of amidine groups is 1. The minimum absolute atomic E-state index is 0.0519. The highest BCUT2D eigenvalue weighted by molar-refractivity contribution is 5.94. The monoisotopic (exact) mass is 283 g/mol. The van der Waals surface area contributed by atoms with E-state index >= 15 is 0 Å². The molecule has 0 atom stereocenters. The number of carbonyl (C=O) groups excluding carboxylic acids is 1. The summed E-state index contributed by atoms with van der Waals surface area (Å²) in [5.74, 6) is 0.671. The SMILES string of the molecule is CC(=O)Nc1ccc(OCc2ccc(C(=N)N)cc2)cc1. The molecule has 108 valence electrons. The van der Waals surface area contributed by atoms with E-state index in [1.165, 1.54) is 6.92 Å². The molecule has 0 unspecified atom stereocenters. The van der Waals surface area contributed by atoms with Crippen molar-refractivity contribution in [3.63, 3.8) is 0 Å². The average molecular weight is 283 g/mol. The van der Waals surface area contributed by atoms with Gasteiger partial charge in [0, 0.05) is 18.2 Å². The second kappa shape index (κ2) is 6.56. The quantitative estimate of drug-likeness (QED) is 0.582. The summed E-state index contributed by atoms with van der Waals surface area (Å²) in [5.41, 5.74) is 7.82. The Kier molecular flexibility index (Phi) is 4.56. The lowest BCUT2D eigenvalue weighted by Gasteiger charge is -2.08. The van der Waals surface area contributed by atoms with E-state index in [2.05, 4.69) is 5.32 Å². The molecule has 4 N–H and O–H groups in total. The molecular weight excluding hydrogens is 266 g/mol. The summed E-state index contributed by atoms with van der Waals surface area (Å²) in [4.78, 5) is 10.9. The van der Waals surface area contributed by atoms with Gasteiger partial charge in [0.15, 0.2) is 0 Å². The number of carbonyl (C=O) groups is 1. The van der Waals surface area contributed by atoms with Crippen LogP contribution in [0.4, 0.5) is 5.69 Å². The molecule has 2 aromatic carbocycles. The van der Waals surface area contributed by atoms with E-state index in [4.69, 9.17) is 15.9 Å². The van der Waals surface area contributed by atoms with Gasteiger partial charge in [0.25, 0.3) is 0 Å². The number of nitrogens with two attached hydrogens (primary N) is 1. The molecule has 21 heavy (non-hydrogen) atoms. The van der Waals surface area contributed by atoms with Gasteiger partial charge in [-0.25, -0.2) is 0 Å². The van der Waals surface area contributed by atoms with Crippen LogP contribution >= 0.6 is 0 Å². The van der Waals surface area contributed by atoms with E-state index in [0.29, 0.717) is 12.2 Å². The van der Waals surface area contributed by atoms with Crippen molar-refractivity contribution >= 4 is 17.4 Å². The number of rotatable bonds is 5. The molecule has 0 spiro atoms. The van der Waals surface area contributed by atoms with Gasteiger partial charge in [-0.2, -0.15) is 0 Å². The first-order valence-corrected chi connectivity index (χ1v) is 6.48. The van der Waals surface area contributed by atoms with Crippen molar-refractivity contribution in [2.24, 2.45) is 5.73 Å². The predicted molar refractivity (Wildman–Crippen MR) is 82.5 cm³/mol. The number of nitrogens with one attached hydrogen (secondary N) is 2. The number of hydrogen-bond acceptors (Lipinski definition) is 3. The average Bonchev–Trinajstić information content (AvgIpc) is 2.46. The Morgan fingerprint density at radius 1 is 1.14 bits per heavy atom. The van der Waals surface area contributed by atoms with Crippen LogP contribution in [0.2, 0.25) is 0 Å². The van der Waals surface area contributed by atoms with E-state index in [0.717, 1.165) is 17.0 Å². The molecule has 0 aliphatic carbocycles. The van der Waals surface area contributed by atoms with Crippen molar-refractivity contribution in [1.29, 1.82) is 5.41 Å². The molecule has 0 bridgehead atoms. The fourth-order valence-electron chi connectivity index (χ4n) is 1.78. The molecule has 0 aliphatic rings. The van der Waals surface area contributed by atoms with E-state index in [1.54, 1.807) is 36.4 Å². The first-order valence-electron chi connectivity index (χ1n) is 6.48. The van der Waals surface area contributed by atoms with Gasteiger partial charge < -0.3 is 15.8 Å². The highest BCUT2D eigenvalue weighted by Crippen LogP contribution is 2.17. The van der Waals surface area contributed by atoms with Gasteiger partial charge in [-0.1, -0.05) is 24.3 Å². The first kappa shape index (κ1) is 14.6. The van der Waals surface area contributed by atoms with Gasteiger partial charge in [0.05, 0.1) is 0 Å². The summed E-state index contributed by atoms with van der Waals surface area (Å²) in [6, 6.07) is 14.5. The minimum Gasteiger partial charge on any atom is -0.489 e. The molecule has 0 fully saturated rings. The molecule has 0 aromatic heterocycles. The maximum atomic E-state index is 10.9. The minimum atomic E-state index is -0.103. The number of ether oxygens (including phenoxy) is 1. The lowest BCUT2D eigenvalue weighted by molar-refractivity contribution is -0.114. The zero-order valence-electron chi connectivity index (χ0n) is 11.7. The van der Waals surface area contributed by atoms with E-state index in [1.807, 2.05) is 12.1 Å². The highest BCUT2D eigenvalue weighted by Gasteiger charge is 2.00. The summed E-state index contributed by atoms with van der Waals surface area (Å²) >= 11 is 0. The summed E-state index contributed by atoms with van der Waals surface area (Å²) in [7, 11) is 0. The highest BCUT2D eigenvalue weighted by atomic mass is 16.5. The smallest absolute Gasteiger partial charge is 0.221 e. The standard InChI is InChI=1S/C16H17N3O2/c1-11(20)19-14-6-8-15(9-7-14)21-10-12-2-4-13(5-3-12)16(17)18/h2-9H,10H2,1H3,(H3,17,18)(H,19,20). The lowest BCUT2D eigenvalue weighted by Crippen LogP contribution is -2.10. The molecule has 0 aliphatic heterocycles. The Labute approximate surface area is 123 Å². The Morgan fingerprint density at radius 3 is 2.29 bits per heavy atom. The molecule has 2 aromatic rings. The first-order chi connectivity index (χ1) is 10.0. The summed E-state index contributed by atoms with van der Waals surface area (Å²) in [6.45, 7) is 1.90. The fourth-order valence-corrected chi connectivity index (χ4v) is 1.78. The molecule has 0 saturated heterocycles. The molecular formula is C16H17N3O2. The van der Waals surface area contributed by atoms with Gasteiger partial charge in [-0.15, -0.1) is 0 Å². The largest absolute Gasteiger partial charge is 0.489 e. The van der Waals surface area contributed by atoms with Crippen LogP contribution in [-0.4, -0.2) is 11.7 Å². The van der Waals surface area contributed by atoms with Crippen LogP contribution < -0.4 is 15.8 Å². The van der Waals surface area contributed by atoms with Crippen LogP contribution in [0.1, 0.15) is 18.1 Å². The molecule has 5 nitrogen and oxygen atoms in total. The molecule has 0 heterocycles. The van der Waals surface area contributed by atoms with Crippen molar-refractivity contribution in [3.05, 3.63) is 59.7 Å². The van der Waals surface area contributed by atoms with E-state index in [-0.39, 0.29) is 11.7 Å². The molecule has 2 rings (SSSR count). The summed E-state index contributed by atoms with van der Waals surface area (Å²) < 4.78 is 5.65. The van der Waals surface area contributed by atoms with Crippen molar-refractivity contribution in [2.45, 2.75) is 13.5 Å². The summed E-state index contributed by atoms with van der Waals surface area (Å²) in [5, 5.41) is 10.0. The van der Waals surface area contributed by atoms with E-state index in [9.17, 15) is 4.79 Å². The third-order valence-electron chi connectivity index (χ3n) is 2.85. The zero-order chi connectivity index (χ0) is 15.2. The van der Waals surface area contributed by atoms with Crippen molar-refractivity contribution in [3.8, 4) is 5.75 Å². The predicted octanol–water partition coefficient (Wildman–Crippen LogP) is 2.51. The molecule has 1 amide bonds. The van der Waals surface area contributed by atoms with Gasteiger partial charge in [-0.3, -0.25) is 10.2 Å². The Balaban J connectivity index is 1.93. The van der Waals surface area contributed by atoms with Crippen LogP contribution in [-0.2, 0) is 11.4 Å². The van der Waals surface area contributed by atoms with Crippen LogP contribution in [0.3, 0.4) is 0 Å². The van der Waals surface area contributed by atoms with Crippen LogP contribution in [0, 0.1) is 5.41 Å². The second-order valence-electron chi connectivity index (χ2n) is 4.60. The van der Waals surface area contributed by atoms with Gasteiger partial charge >= 0.3 is 0 Å². The third kappa shape index (κ3) is 4.35. The Bertz CT molecular complexity index is 634. The van der Waals surface area contributed by atoms with Crippen molar-refractivity contribution in [1.82, 2.24) is 0 Å². The molecule has 5 heteroatoms. The Morgan fingerprint density at radius 2 is 1.76 bits per heavy atom. The van der Waals surface area contributed by atoms with Crippen LogP contribution in [0.15, 0.2) is 48.5 Å². The third-order valence-corrected chi connectivity index (χ3v) is 2.85. The topological polar surface area (TPSA) is 88.2 Å². The second-order valence-corrected chi connectivity index (χ2v) is 4.60. The van der Waals surface area contributed by atoms with Gasteiger partial charge in [0.2, 0.25) is 5.91 Å². The van der Waals surface area contributed by atoms with E-state index < -0.39 is 0 Å². The number of benzene rings is 2. The summed E-state index contributed by atoms with van der Waals surface area (Å²) in [6.07, 6.45) is 0. The zero-order valence-corrected chi connectivity index (χ0v) is 11.7. The number of hydrogen-bond donors (Lipinski definition) is 3. The maximum absolute atomic E-state index is 10.9. The number of anilines is 1. The molecule has 0 radical (unpaired) electrons. The maximum Gasteiger partial charge on any atom is 0.221 e. The van der Waals surface area contributed by atoms with Crippen LogP contribution in [0.5, 0.6) is 5.75 Å². The van der Waals surface area contributed by atoms with Gasteiger partial charge in [-0.05, 0) is 29.8 Å². The lowest BCUT2D eigenvalue weighted by atomic mass is 10.1. The van der Waals surface area contributed by atoms with Crippen LogP contribution in [0.25, 0.3) is 0 Å². The van der Waals surface area contributed by atoms with Crippen molar-refractivity contribution in [2.75, 3.05) is 5.32 Å². The van der Waals surface area contributed by atoms with Gasteiger partial charge in [0.1, 0.15) is 18.2 Å². The number of amides is 1. The van der Waals surface area contributed by atoms with Crippen molar-refractivity contribution < 1.29 is 9.53 Å². The Hall–Kier alpha value is -2.82. The molecule has 0 saturated carbocycles.